The lowest BCUT2D eigenvalue weighted by Gasteiger charge is -2.26. The summed E-state index contributed by atoms with van der Waals surface area (Å²) in [4.78, 5) is 14.0. The predicted molar refractivity (Wildman–Crippen MR) is 74.5 cm³/mol. The quantitative estimate of drug-likeness (QED) is 0.712. The lowest BCUT2D eigenvalue weighted by Crippen LogP contribution is -2.35. The van der Waals surface area contributed by atoms with Crippen LogP contribution in [-0.2, 0) is 9.53 Å². The van der Waals surface area contributed by atoms with E-state index < -0.39 is 0 Å². The van der Waals surface area contributed by atoms with E-state index in [1.165, 1.54) is 6.42 Å². The Morgan fingerprint density at radius 1 is 1.47 bits per heavy atom. The maximum absolute atomic E-state index is 12.2. The molecule has 0 N–H and O–H groups in total. The van der Waals surface area contributed by atoms with Crippen molar-refractivity contribution in [2.24, 2.45) is 5.92 Å². The smallest absolute Gasteiger partial charge is 0.222 e. The van der Waals surface area contributed by atoms with Crippen LogP contribution >= 0.6 is 0 Å². The molecule has 1 rings (SSSR count). The van der Waals surface area contributed by atoms with Crippen LogP contribution in [0.2, 0.25) is 0 Å². The van der Waals surface area contributed by atoms with Crippen molar-refractivity contribution in [1.29, 1.82) is 5.26 Å². The third-order valence-electron chi connectivity index (χ3n) is 3.39. The number of amides is 1. The third-order valence-corrected chi connectivity index (χ3v) is 3.39. The van der Waals surface area contributed by atoms with E-state index in [0.29, 0.717) is 25.3 Å². The van der Waals surface area contributed by atoms with Crippen molar-refractivity contribution in [1.82, 2.24) is 4.90 Å². The van der Waals surface area contributed by atoms with E-state index in [4.69, 9.17) is 10.00 Å². The van der Waals surface area contributed by atoms with Gasteiger partial charge >= 0.3 is 0 Å². The largest absolute Gasteiger partial charge is 0.378 e. The predicted octanol–water partition coefficient (Wildman–Crippen LogP) is 2.73. The second-order valence-corrected chi connectivity index (χ2v) is 5.67. The third kappa shape index (κ3) is 6.58. The van der Waals surface area contributed by atoms with Crippen LogP contribution in [0, 0.1) is 17.2 Å². The van der Waals surface area contributed by atoms with Gasteiger partial charge in [-0.3, -0.25) is 4.79 Å². The highest BCUT2D eigenvalue weighted by molar-refractivity contribution is 5.76. The molecule has 0 spiro atoms. The van der Waals surface area contributed by atoms with Crippen LogP contribution in [0.5, 0.6) is 0 Å². The molecule has 0 aromatic heterocycles. The summed E-state index contributed by atoms with van der Waals surface area (Å²) in [5, 5.41) is 8.66. The Balaban J connectivity index is 2.35. The van der Waals surface area contributed by atoms with E-state index >= 15 is 0 Å². The standard InChI is InChI=1S/C15H26N2O2/c1-13(2)12-17(10-5-9-16)15(18)8-7-14-6-3-4-11-19-14/h13-14H,3-8,10-12H2,1-2H3. The number of hydrogen-bond acceptors (Lipinski definition) is 3. The molecule has 0 aliphatic carbocycles. The van der Waals surface area contributed by atoms with Gasteiger partial charge in [0.15, 0.2) is 0 Å². The van der Waals surface area contributed by atoms with Crippen molar-refractivity contribution in [3.63, 3.8) is 0 Å². The van der Waals surface area contributed by atoms with E-state index in [1.807, 2.05) is 4.90 Å². The monoisotopic (exact) mass is 266 g/mol. The number of hydrogen-bond donors (Lipinski definition) is 0. The second kappa shape index (κ2) is 8.92. The summed E-state index contributed by atoms with van der Waals surface area (Å²) in [6.07, 6.45) is 5.47. The summed E-state index contributed by atoms with van der Waals surface area (Å²) in [5.41, 5.74) is 0. The Morgan fingerprint density at radius 3 is 2.84 bits per heavy atom. The molecule has 19 heavy (non-hydrogen) atoms. The van der Waals surface area contributed by atoms with E-state index in [9.17, 15) is 4.79 Å². The average Bonchev–Trinajstić information content (AvgIpc) is 2.41. The first kappa shape index (κ1) is 16.0. The van der Waals surface area contributed by atoms with Crippen molar-refractivity contribution < 1.29 is 9.53 Å². The first-order chi connectivity index (χ1) is 9.13. The highest BCUT2D eigenvalue weighted by Crippen LogP contribution is 2.17. The molecule has 108 valence electrons. The second-order valence-electron chi connectivity index (χ2n) is 5.67. The molecule has 1 aliphatic heterocycles. The molecule has 0 bridgehead atoms. The van der Waals surface area contributed by atoms with Gasteiger partial charge in [0.05, 0.1) is 18.6 Å². The average molecular weight is 266 g/mol. The highest BCUT2D eigenvalue weighted by atomic mass is 16.5. The minimum Gasteiger partial charge on any atom is -0.378 e. The maximum atomic E-state index is 12.2. The van der Waals surface area contributed by atoms with E-state index in [-0.39, 0.29) is 12.0 Å². The summed E-state index contributed by atoms with van der Waals surface area (Å²) >= 11 is 0. The zero-order valence-electron chi connectivity index (χ0n) is 12.2. The molecule has 1 amide bonds. The number of carbonyl (C=O) groups is 1. The molecule has 0 saturated carbocycles. The Morgan fingerprint density at radius 2 is 2.26 bits per heavy atom. The van der Waals surface area contributed by atoms with Gasteiger partial charge in [-0.2, -0.15) is 5.26 Å². The molecule has 4 nitrogen and oxygen atoms in total. The van der Waals surface area contributed by atoms with Gasteiger partial charge in [-0.05, 0) is 31.6 Å². The Bertz CT molecular complexity index is 304. The lowest BCUT2D eigenvalue weighted by molar-refractivity contribution is -0.132. The fourth-order valence-electron chi connectivity index (χ4n) is 2.42. The van der Waals surface area contributed by atoms with Gasteiger partial charge in [-0.1, -0.05) is 13.8 Å². The van der Waals surface area contributed by atoms with Crippen molar-refractivity contribution in [3.8, 4) is 6.07 Å². The van der Waals surface area contributed by atoms with Gasteiger partial charge in [0.2, 0.25) is 5.91 Å². The summed E-state index contributed by atoms with van der Waals surface area (Å²) in [6.45, 7) is 6.32. The van der Waals surface area contributed by atoms with Crippen LogP contribution < -0.4 is 0 Å². The maximum Gasteiger partial charge on any atom is 0.222 e. The SMILES string of the molecule is CC(C)CN(CCC#N)C(=O)CCC1CCCCO1. The lowest BCUT2D eigenvalue weighted by atomic mass is 10.0. The van der Waals surface area contributed by atoms with E-state index in [0.717, 1.165) is 32.4 Å². The van der Waals surface area contributed by atoms with Gasteiger partial charge in [0.25, 0.3) is 0 Å². The van der Waals surface area contributed by atoms with Crippen LogP contribution in [0.15, 0.2) is 0 Å². The van der Waals surface area contributed by atoms with Crippen LogP contribution in [0.25, 0.3) is 0 Å². The summed E-state index contributed by atoms with van der Waals surface area (Å²) in [6, 6.07) is 2.11. The van der Waals surface area contributed by atoms with Crippen LogP contribution in [0.1, 0.15) is 52.4 Å². The van der Waals surface area contributed by atoms with Gasteiger partial charge in [0.1, 0.15) is 0 Å². The summed E-state index contributed by atoms with van der Waals surface area (Å²) < 4.78 is 5.65. The molecule has 1 atom stereocenters. The van der Waals surface area contributed by atoms with Gasteiger partial charge < -0.3 is 9.64 Å². The van der Waals surface area contributed by atoms with Gasteiger partial charge in [-0.15, -0.1) is 0 Å². The van der Waals surface area contributed by atoms with Crippen molar-refractivity contribution >= 4 is 5.91 Å². The molecule has 0 aromatic carbocycles. The first-order valence-electron chi connectivity index (χ1n) is 7.39. The molecule has 4 heteroatoms. The zero-order valence-corrected chi connectivity index (χ0v) is 12.2. The normalized spacial score (nSPS) is 19.2. The molecular weight excluding hydrogens is 240 g/mol. The van der Waals surface area contributed by atoms with Crippen LogP contribution in [0.4, 0.5) is 0 Å². The molecule has 1 heterocycles. The Hall–Kier alpha value is -1.08. The molecular formula is C15H26N2O2. The number of nitriles is 1. The fourth-order valence-corrected chi connectivity index (χ4v) is 2.42. The zero-order chi connectivity index (χ0) is 14.1. The van der Waals surface area contributed by atoms with Gasteiger partial charge in [0, 0.05) is 26.1 Å². The van der Waals surface area contributed by atoms with Crippen LogP contribution in [0.3, 0.4) is 0 Å². The fraction of sp³-hybridized carbons (Fsp3) is 0.867. The minimum atomic E-state index is 0.165. The summed E-state index contributed by atoms with van der Waals surface area (Å²) in [5.74, 6) is 0.603. The van der Waals surface area contributed by atoms with E-state index in [2.05, 4.69) is 19.9 Å². The summed E-state index contributed by atoms with van der Waals surface area (Å²) in [7, 11) is 0. The minimum absolute atomic E-state index is 0.165. The molecule has 0 aromatic rings. The van der Waals surface area contributed by atoms with Crippen molar-refractivity contribution in [2.75, 3.05) is 19.7 Å². The topological polar surface area (TPSA) is 53.3 Å². The first-order valence-corrected chi connectivity index (χ1v) is 7.39. The van der Waals surface area contributed by atoms with Crippen molar-refractivity contribution in [3.05, 3.63) is 0 Å². The number of ether oxygens (including phenoxy) is 1. The molecule has 1 unspecified atom stereocenters. The number of carbonyl (C=O) groups excluding carboxylic acids is 1. The highest BCUT2D eigenvalue weighted by Gasteiger charge is 2.19. The molecule has 1 fully saturated rings. The van der Waals surface area contributed by atoms with Crippen LogP contribution in [-0.4, -0.2) is 36.6 Å². The Kier molecular flexibility index (Phi) is 7.50. The molecule has 1 aliphatic rings. The number of rotatable bonds is 7. The van der Waals surface area contributed by atoms with Crippen molar-refractivity contribution in [2.45, 2.75) is 58.5 Å². The molecule has 1 saturated heterocycles. The molecule has 0 radical (unpaired) electrons. The number of nitrogens with zero attached hydrogens (tertiary/aromatic N) is 2. The Labute approximate surface area is 116 Å². The van der Waals surface area contributed by atoms with Gasteiger partial charge in [-0.25, -0.2) is 0 Å². The van der Waals surface area contributed by atoms with E-state index in [1.54, 1.807) is 0 Å².